The molecule has 0 N–H and O–H groups in total. The van der Waals surface area contributed by atoms with Crippen molar-refractivity contribution in [2.75, 3.05) is 40.4 Å². The van der Waals surface area contributed by atoms with E-state index in [1.54, 1.807) is 7.11 Å². The molecule has 0 rings (SSSR count). The summed E-state index contributed by atoms with van der Waals surface area (Å²) in [5, 5.41) is 0. The number of methoxy groups -OCH3 is 1. The number of alkyl halides is 3. The molecule has 0 amide bonds. The summed E-state index contributed by atoms with van der Waals surface area (Å²) in [7, 11) is 4.02. The zero-order valence-corrected chi connectivity index (χ0v) is 9.40. The smallest absolute Gasteiger partial charge is 0.379 e. The summed E-state index contributed by atoms with van der Waals surface area (Å²) in [5.41, 5.74) is 0. The van der Waals surface area contributed by atoms with Crippen molar-refractivity contribution in [3.63, 3.8) is 0 Å². The lowest BCUT2D eigenvalue weighted by Crippen LogP contribution is -2.45. The Morgan fingerprint density at radius 3 is 1.71 bits per heavy atom. The number of rotatable bonds is 5. The predicted octanol–water partition coefficient (Wildman–Crippen LogP) is 2.30. The first kappa shape index (κ1) is 16.2. The maximum Gasteiger partial charge on any atom is 0.379 e. The van der Waals surface area contributed by atoms with Crippen LogP contribution in [0.15, 0.2) is 0 Å². The Morgan fingerprint density at radius 1 is 1.14 bits per heavy atom. The third-order valence-electron chi connectivity index (χ3n) is 2.36. The van der Waals surface area contributed by atoms with E-state index in [9.17, 15) is 13.2 Å². The third-order valence-corrected chi connectivity index (χ3v) is 2.36. The second-order valence-electron chi connectivity index (χ2n) is 3.22. The molecular weight excluding hydrogens is 195 g/mol. The summed E-state index contributed by atoms with van der Waals surface area (Å²) in [6.07, 6.45) is 0. The van der Waals surface area contributed by atoms with Gasteiger partial charge in [0.15, 0.2) is 0 Å². The molecule has 0 spiro atoms. The van der Waals surface area contributed by atoms with Gasteiger partial charge in [0.05, 0.1) is 26.7 Å². The Hall–Kier alpha value is -0.290. The highest BCUT2D eigenvalue weighted by Crippen LogP contribution is 1.99. The number of hydrogen-bond acceptors (Lipinski definition) is 1. The highest BCUT2D eigenvalue weighted by Gasteiger charge is 2.14. The van der Waals surface area contributed by atoms with Gasteiger partial charge in [0, 0.05) is 7.11 Å². The molecule has 88 valence electrons. The molecule has 0 saturated carbocycles. The minimum absolute atomic E-state index is 0.873. The SMILES string of the molecule is CC[N+](C)(CC)CCOC.FC(F)F. The van der Waals surface area contributed by atoms with Crippen molar-refractivity contribution in [3.8, 4) is 0 Å². The molecule has 0 aliphatic heterocycles. The average molecular weight is 216 g/mol. The first-order chi connectivity index (χ1) is 6.41. The topological polar surface area (TPSA) is 9.23 Å². The number of quaternary nitrogens is 1. The van der Waals surface area contributed by atoms with Crippen molar-refractivity contribution in [2.24, 2.45) is 0 Å². The van der Waals surface area contributed by atoms with Crippen LogP contribution in [0, 0.1) is 0 Å². The molecule has 0 aromatic carbocycles. The molecular formula is C9H21F3NO+. The van der Waals surface area contributed by atoms with Crippen molar-refractivity contribution in [1.29, 1.82) is 0 Å². The lowest BCUT2D eigenvalue weighted by atomic mass is 10.4. The van der Waals surface area contributed by atoms with Gasteiger partial charge in [-0.1, -0.05) is 0 Å². The van der Waals surface area contributed by atoms with E-state index in [1.165, 1.54) is 13.1 Å². The lowest BCUT2D eigenvalue weighted by molar-refractivity contribution is -0.906. The molecule has 14 heavy (non-hydrogen) atoms. The van der Waals surface area contributed by atoms with Gasteiger partial charge in [0.1, 0.15) is 6.54 Å². The van der Waals surface area contributed by atoms with E-state index in [4.69, 9.17) is 4.74 Å². The maximum absolute atomic E-state index is 9.67. The van der Waals surface area contributed by atoms with Gasteiger partial charge >= 0.3 is 6.68 Å². The third kappa shape index (κ3) is 11.7. The number of ether oxygens (including phenoxy) is 1. The number of hydrogen-bond donors (Lipinski definition) is 0. The van der Waals surface area contributed by atoms with Crippen LogP contribution in [0.25, 0.3) is 0 Å². The fourth-order valence-corrected chi connectivity index (χ4v) is 0.852. The summed E-state index contributed by atoms with van der Waals surface area (Å²) in [6, 6.07) is 0. The van der Waals surface area contributed by atoms with Crippen LogP contribution >= 0.6 is 0 Å². The summed E-state index contributed by atoms with van der Waals surface area (Å²) >= 11 is 0. The molecule has 0 fully saturated rings. The van der Waals surface area contributed by atoms with Crippen molar-refractivity contribution >= 4 is 0 Å². The first-order valence-electron chi connectivity index (χ1n) is 4.66. The largest absolute Gasteiger partial charge is 0.379 e. The van der Waals surface area contributed by atoms with E-state index >= 15 is 0 Å². The van der Waals surface area contributed by atoms with Crippen LogP contribution in [0.1, 0.15) is 13.8 Å². The Bertz CT molecular complexity index is 116. The molecule has 0 aromatic rings. The molecule has 2 nitrogen and oxygen atoms in total. The minimum Gasteiger partial charge on any atom is -0.379 e. The van der Waals surface area contributed by atoms with Crippen LogP contribution < -0.4 is 0 Å². The van der Waals surface area contributed by atoms with Gasteiger partial charge in [-0.25, -0.2) is 0 Å². The first-order valence-corrected chi connectivity index (χ1v) is 4.66. The van der Waals surface area contributed by atoms with Crippen molar-refractivity contribution in [3.05, 3.63) is 0 Å². The van der Waals surface area contributed by atoms with Crippen molar-refractivity contribution in [2.45, 2.75) is 20.5 Å². The molecule has 0 aromatic heterocycles. The van der Waals surface area contributed by atoms with E-state index in [2.05, 4.69) is 20.9 Å². The van der Waals surface area contributed by atoms with Crippen molar-refractivity contribution in [1.82, 2.24) is 0 Å². The molecule has 0 heterocycles. The quantitative estimate of drug-likeness (QED) is 0.641. The Kier molecular flexibility index (Phi) is 10.7. The van der Waals surface area contributed by atoms with Crippen LogP contribution in [-0.2, 0) is 4.74 Å². The van der Waals surface area contributed by atoms with Crippen LogP contribution in [-0.4, -0.2) is 51.6 Å². The van der Waals surface area contributed by atoms with Crippen LogP contribution in [0.3, 0.4) is 0 Å². The zero-order valence-electron chi connectivity index (χ0n) is 9.40. The molecule has 0 aliphatic carbocycles. The molecule has 0 aliphatic rings. The summed E-state index contributed by atoms with van der Waals surface area (Å²) < 4.78 is 35.1. The Morgan fingerprint density at radius 2 is 1.50 bits per heavy atom. The van der Waals surface area contributed by atoms with Gasteiger partial charge in [-0.2, -0.15) is 13.2 Å². The molecule has 0 atom stereocenters. The van der Waals surface area contributed by atoms with Gasteiger partial charge < -0.3 is 9.22 Å². The highest BCUT2D eigenvalue weighted by molar-refractivity contribution is 4.32. The maximum atomic E-state index is 9.67. The normalized spacial score (nSPS) is 11.1. The summed E-state index contributed by atoms with van der Waals surface area (Å²) in [6.45, 7) is 5.17. The van der Waals surface area contributed by atoms with E-state index in [1.807, 2.05) is 0 Å². The second kappa shape index (κ2) is 9.27. The monoisotopic (exact) mass is 216 g/mol. The Labute approximate surface area is 84.2 Å². The zero-order chi connectivity index (χ0) is 11.6. The molecule has 0 saturated heterocycles. The van der Waals surface area contributed by atoms with Gasteiger partial charge in [0.2, 0.25) is 0 Å². The Balaban J connectivity index is 0. The average Bonchev–Trinajstić information content (AvgIpc) is 2.13. The van der Waals surface area contributed by atoms with E-state index < -0.39 is 6.68 Å². The van der Waals surface area contributed by atoms with Crippen molar-refractivity contribution < 1.29 is 22.4 Å². The predicted molar refractivity (Wildman–Crippen MR) is 51.1 cm³/mol. The number of likely N-dealkylation sites (N-methyl/N-ethyl adjacent to an activating group) is 1. The van der Waals surface area contributed by atoms with E-state index in [-0.39, 0.29) is 0 Å². The minimum atomic E-state index is -3.67. The van der Waals surface area contributed by atoms with Crippen LogP contribution in [0.5, 0.6) is 0 Å². The molecule has 0 bridgehead atoms. The van der Waals surface area contributed by atoms with Gasteiger partial charge in [-0.15, -0.1) is 0 Å². The molecule has 0 unspecified atom stereocenters. The number of halogens is 3. The van der Waals surface area contributed by atoms with Gasteiger partial charge in [-0.05, 0) is 13.8 Å². The molecule has 0 radical (unpaired) electrons. The number of nitrogens with zero attached hydrogens (tertiary/aromatic N) is 1. The summed E-state index contributed by atoms with van der Waals surface area (Å²) in [4.78, 5) is 0. The van der Waals surface area contributed by atoms with Gasteiger partial charge in [0.25, 0.3) is 0 Å². The standard InChI is InChI=1S/C8H20NO.CHF3/c1-5-9(3,6-2)7-8-10-4;2-1(3)4/h5-8H2,1-4H3;1H/q+1;. The van der Waals surface area contributed by atoms with E-state index in [0.717, 1.165) is 17.6 Å². The van der Waals surface area contributed by atoms with E-state index in [0.29, 0.717) is 0 Å². The van der Waals surface area contributed by atoms with Crippen LogP contribution in [0.4, 0.5) is 13.2 Å². The summed E-state index contributed by atoms with van der Waals surface area (Å²) in [5.74, 6) is 0. The molecule has 5 heteroatoms. The second-order valence-corrected chi connectivity index (χ2v) is 3.22. The fraction of sp³-hybridized carbons (Fsp3) is 1.00. The van der Waals surface area contributed by atoms with Crippen LogP contribution in [0.2, 0.25) is 0 Å². The lowest BCUT2D eigenvalue weighted by Gasteiger charge is -2.31. The fourth-order valence-electron chi connectivity index (χ4n) is 0.852. The van der Waals surface area contributed by atoms with Gasteiger partial charge in [-0.3, -0.25) is 0 Å². The highest BCUT2D eigenvalue weighted by atomic mass is 19.4.